The summed E-state index contributed by atoms with van der Waals surface area (Å²) in [6.45, 7) is 5.23. The SMILES string of the molecule is CC(C)C1(O)CN(c2ccc(C(=O)N(C)C)cn2)C1. The van der Waals surface area contributed by atoms with Crippen LogP contribution in [0.4, 0.5) is 5.82 Å². The van der Waals surface area contributed by atoms with E-state index in [9.17, 15) is 9.90 Å². The van der Waals surface area contributed by atoms with Gasteiger partial charge in [0.2, 0.25) is 0 Å². The molecule has 0 saturated carbocycles. The smallest absolute Gasteiger partial charge is 0.254 e. The van der Waals surface area contributed by atoms with Crippen molar-refractivity contribution in [1.29, 1.82) is 0 Å². The Morgan fingerprint density at radius 2 is 2.05 bits per heavy atom. The Labute approximate surface area is 113 Å². The van der Waals surface area contributed by atoms with E-state index in [2.05, 4.69) is 4.98 Å². The van der Waals surface area contributed by atoms with Crippen LogP contribution in [0.15, 0.2) is 18.3 Å². The van der Waals surface area contributed by atoms with E-state index >= 15 is 0 Å². The van der Waals surface area contributed by atoms with Gasteiger partial charge in [-0.3, -0.25) is 4.79 Å². The van der Waals surface area contributed by atoms with Crippen LogP contribution in [-0.2, 0) is 0 Å². The molecule has 0 aromatic carbocycles. The fourth-order valence-corrected chi connectivity index (χ4v) is 2.10. The molecule has 1 aliphatic heterocycles. The van der Waals surface area contributed by atoms with Crippen LogP contribution in [0.1, 0.15) is 24.2 Å². The zero-order valence-electron chi connectivity index (χ0n) is 11.9. The third-order valence-electron chi connectivity index (χ3n) is 3.73. The number of pyridine rings is 1. The number of carbonyl (C=O) groups excluding carboxylic acids is 1. The number of aromatic nitrogens is 1. The quantitative estimate of drug-likeness (QED) is 0.883. The van der Waals surface area contributed by atoms with Crippen molar-refractivity contribution in [3.63, 3.8) is 0 Å². The number of hydrogen-bond acceptors (Lipinski definition) is 4. The summed E-state index contributed by atoms with van der Waals surface area (Å²) in [5.41, 5.74) is -0.0341. The van der Waals surface area contributed by atoms with E-state index in [1.54, 1.807) is 26.4 Å². The molecule has 1 aromatic heterocycles. The molecule has 1 amide bonds. The molecule has 0 atom stereocenters. The second-order valence-corrected chi connectivity index (χ2v) is 5.72. The molecular weight excluding hydrogens is 242 g/mol. The molecule has 104 valence electrons. The van der Waals surface area contributed by atoms with Crippen LogP contribution < -0.4 is 4.90 Å². The van der Waals surface area contributed by atoms with Crippen LogP contribution >= 0.6 is 0 Å². The maximum absolute atomic E-state index is 11.7. The minimum absolute atomic E-state index is 0.0543. The van der Waals surface area contributed by atoms with Gasteiger partial charge in [0.15, 0.2) is 0 Å². The number of nitrogens with zero attached hydrogens (tertiary/aromatic N) is 3. The summed E-state index contributed by atoms with van der Waals surface area (Å²) >= 11 is 0. The van der Waals surface area contributed by atoms with Gasteiger partial charge in [0.05, 0.1) is 18.7 Å². The van der Waals surface area contributed by atoms with Crippen LogP contribution in [0.2, 0.25) is 0 Å². The molecule has 0 aliphatic carbocycles. The highest BCUT2D eigenvalue weighted by atomic mass is 16.3. The summed E-state index contributed by atoms with van der Waals surface area (Å²) < 4.78 is 0. The van der Waals surface area contributed by atoms with Crippen molar-refractivity contribution in [2.45, 2.75) is 19.4 Å². The van der Waals surface area contributed by atoms with Crippen molar-refractivity contribution in [3.8, 4) is 0 Å². The van der Waals surface area contributed by atoms with E-state index in [0.29, 0.717) is 18.7 Å². The number of carbonyl (C=O) groups is 1. The lowest BCUT2D eigenvalue weighted by Crippen LogP contribution is -2.65. The average Bonchev–Trinajstić information content (AvgIpc) is 2.34. The normalized spacial score (nSPS) is 17.3. The summed E-state index contributed by atoms with van der Waals surface area (Å²) in [5.74, 6) is 0.986. The minimum atomic E-state index is -0.611. The summed E-state index contributed by atoms with van der Waals surface area (Å²) in [7, 11) is 3.43. The second kappa shape index (κ2) is 4.81. The van der Waals surface area contributed by atoms with Gasteiger partial charge in [-0.15, -0.1) is 0 Å². The second-order valence-electron chi connectivity index (χ2n) is 5.72. The molecule has 1 saturated heterocycles. The van der Waals surface area contributed by atoms with E-state index in [1.165, 1.54) is 4.90 Å². The maximum atomic E-state index is 11.7. The van der Waals surface area contributed by atoms with Gasteiger partial charge in [-0.1, -0.05) is 13.8 Å². The Morgan fingerprint density at radius 1 is 1.42 bits per heavy atom. The highest BCUT2D eigenvalue weighted by molar-refractivity contribution is 5.93. The van der Waals surface area contributed by atoms with Gasteiger partial charge in [-0.25, -0.2) is 4.98 Å². The van der Waals surface area contributed by atoms with Crippen LogP contribution in [0, 0.1) is 5.92 Å². The van der Waals surface area contributed by atoms with Crippen LogP contribution in [0.25, 0.3) is 0 Å². The molecule has 1 fully saturated rings. The molecule has 0 radical (unpaired) electrons. The molecular formula is C14H21N3O2. The Kier molecular flexibility index (Phi) is 3.49. The largest absolute Gasteiger partial charge is 0.386 e. The first-order valence-corrected chi connectivity index (χ1v) is 6.48. The topological polar surface area (TPSA) is 56.7 Å². The van der Waals surface area contributed by atoms with Crippen molar-refractivity contribution in [3.05, 3.63) is 23.9 Å². The summed E-state index contributed by atoms with van der Waals surface area (Å²) in [6, 6.07) is 3.61. The van der Waals surface area contributed by atoms with Crippen LogP contribution in [-0.4, -0.2) is 53.7 Å². The van der Waals surface area contributed by atoms with Crippen molar-refractivity contribution >= 4 is 11.7 Å². The minimum Gasteiger partial charge on any atom is -0.386 e. The first-order valence-electron chi connectivity index (χ1n) is 6.48. The predicted molar refractivity (Wildman–Crippen MR) is 74.3 cm³/mol. The molecule has 5 heteroatoms. The zero-order valence-corrected chi connectivity index (χ0v) is 11.9. The lowest BCUT2D eigenvalue weighted by atomic mass is 9.83. The van der Waals surface area contributed by atoms with Crippen molar-refractivity contribution in [2.24, 2.45) is 5.92 Å². The van der Waals surface area contributed by atoms with E-state index in [-0.39, 0.29) is 11.8 Å². The molecule has 0 spiro atoms. The molecule has 2 rings (SSSR count). The van der Waals surface area contributed by atoms with E-state index < -0.39 is 5.60 Å². The number of rotatable bonds is 3. The summed E-state index contributed by atoms with van der Waals surface area (Å²) in [5, 5.41) is 10.2. The van der Waals surface area contributed by atoms with E-state index in [0.717, 1.165) is 5.82 Å². The van der Waals surface area contributed by atoms with Crippen LogP contribution in [0.5, 0.6) is 0 Å². The monoisotopic (exact) mass is 263 g/mol. The van der Waals surface area contributed by atoms with Crippen molar-refractivity contribution < 1.29 is 9.90 Å². The number of amides is 1. The van der Waals surface area contributed by atoms with Gasteiger partial charge in [0.1, 0.15) is 11.4 Å². The molecule has 0 bridgehead atoms. The predicted octanol–water partition coefficient (Wildman–Crippen LogP) is 0.990. The zero-order chi connectivity index (χ0) is 14.2. The van der Waals surface area contributed by atoms with Crippen LogP contribution in [0.3, 0.4) is 0 Å². The molecule has 1 aliphatic rings. The summed E-state index contributed by atoms with van der Waals surface area (Å²) in [4.78, 5) is 19.6. The standard InChI is InChI=1S/C14H21N3O2/c1-10(2)14(19)8-17(9-14)12-6-5-11(7-15-12)13(18)16(3)4/h5-7,10,19H,8-9H2,1-4H3. The first kappa shape index (κ1) is 13.8. The van der Waals surface area contributed by atoms with E-state index in [4.69, 9.17) is 0 Å². The van der Waals surface area contributed by atoms with Gasteiger partial charge in [-0.05, 0) is 18.1 Å². The number of anilines is 1. The third kappa shape index (κ3) is 2.56. The highest BCUT2D eigenvalue weighted by Gasteiger charge is 2.44. The Bertz CT molecular complexity index is 462. The number of aliphatic hydroxyl groups is 1. The number of hydrogen-bond donors (Lipinski definition) is 1. The van der Waals surface area contributed by atoms with Crippen molar-refractivity contribution in [2.75, 3.05) is 32.1 Å². The average molecular weight is 263 g/mol. The van der Waals surface area contributed by atoms with Gasteiger partial charge < -0.3 is 14.9 Å². The molecule has 1 aromatic rings. The van der Waals surface area contributed by atoms with Crippen molar-refractivity contribution in [1.82, 2.24) is 9.88 Å². The Balaban J connectivity index is 2.03. The van der Waals surface area contributed by atoms with Gasteiger partial charge in [0, 0.05) is 20.3 Å². The molecule has 5 nitrogen and oxygen atoms in total. The molecule has 19 heavy (non-hydrogen) atoms. The third-order valence-corrected chi connectivity index (χ3v) is 3.73. The van der Waals surface area contributed by atoms with Gasteiger partial charge in [0.25, 0.3) is 5.91 Å². The molecule has 0 unspecified atom stereocenters. The fraction of sp³-hybridized carbons (Fsp3) is 0.571. The lowest BCUT2D eigenvalue weighted by Gasteiger charge is -2.49. The van der Waals surface area contributed by atoms with Gasteiger partial charge >= 0.3 is 0 Å². The highest BCUT2D eigenvalue weighted by Crippen LogP contribution is 2.31. The molecule has 2 heterocycles. The number of β-amino-alcohol motifs (C(OH)–C–C–N with tert-alkyl or cyclic N) is 1. The Hall–Kier alpha value is -1.62. The van der Waals surface area contributed by atoms with E-state index in [1.807, 2.05) is 24.8 Å². The summed E-state index contributed by atoms with van der Waals surface area (Å²) in [6.07, 6.45) is 1.59. The maximum Gasteiger partial charge on any atom is 0.254 e. The fourth-order valence-electron chi connectivity index (χ4n) is 2.10. The first-order chi connectivity index (χ1) is 8.83. The van der Waals surface area contributed by atoms with Gasteiger partial charge in [-0.2, -0.15) is 0 Å². The molecule has 1 N–H and O–H groups in total. The lowest BCUT2D eigenvalue weighted by molar-refractivity contribution is -0.0304. The Morgan fingerprint density at radius 3 is 2.47 bits per heavy atom.